The van der Waals surface area contributed by atoms with Crippen LogP contribution < -0.4 is 11.1 Å². The monoisotopic (exact) mass is 284 g/mol. The Bertz CT molecular complexity index is 428. The molecule has 5 nitrogen and oxygen atoms in total. The number of thiazole rings is 1. The van der Waals surface area contributed by atoms with E-state index in [2.05, 4.69) is 38.0 Å². The van der Waals surface area contributed by atoms with Crippen molar-refractivity contribution in [2.45, 2.75) is 27.7 Å². The van der Waals surface area contributed by atoms with Gasteiger partial charge in [0.15, 0.2) is 5.13 Å². The molecule has 0 aromatic carbocycles. The Morgan fingerprint density at radius 1 is 1.37 bits per heavy atom. The number of amides is 1. The number of carbonyl (C=O) groups excluding carboxylic acids is 1. The minimum absolute atomic E-state index is 0.0544. The van der Waals surface area contributed by atoms with Crippen LogP contribution in [-0.2, 0) is 0 Å². The summed E-state index contributed by atoms with van der Waals surface area (Å²) >= 11 is 1.33. The highest BCUT2D eigenvalue weighted by Gasteiger charge is 2.20. The van der Waals surface area contributed by atoms with Crippen LogP contribution >= 0.6 is 11.3 Å². The van der Waals surface area contributed by atoms with Crippen molar-refractivity contribution >= 4 is 28.2 Å². The number of nitrogen functional groups attached to an aromatic ring is 1. The second kappa shape index (κ2) is 6.75. The van der Waals surface area contributed by atoms with E-state index in [9.17, 15) is 4.79 Å². The number of anilines is 2. The maximum absolute atomic E-state index is 12.2. The summed E-state index contributed by atoms with van der Waals surface area (Å²) in [5.74, 6) is 1.22. The predicted molar refractivity (Wildman–Crippen MR) is 81.7 cm³/mol. The zero-order valence-corrected chi connectivity index (χ0v) is 13.2. The summed E-state index contributed by atoms with van der Waals surface area (Å²) in [7, 11) is 1.79. The Hall–Kier alpha value is -1.30. The van der Waals surface area contributed by atoms with Crippen molar-refractivity contribution in [1.29, 1.82) is 0 Å². The number of nitrogens with zero attached hydrogens (tertiary/aromatic N) is 2. The Kier molecular flexibility index (Phi) is 5.60. The van der Waals surface area contributed by atoms with Crippen LogP contribution in [0.3, 0.4) is 0 Å². The molecule has 1 heterocycles. The second-order valence-electron chi connectivity index (χ2n) is 5.59. The molecule has 0 saturated carbocycles. The van der Waals surface area contributed by atoms with Gasteiger partial charge in [0.2, 0.25) is 0 Å². The fraction of sp³-hybridized carbons (Fsp3) is 0.692. The largest absolute Gasteiger partial charge is 0.382 e. The quantitative estimate of drug-likeness (QED) is 0.842. The molecule has 1 amide bonds. The van der Waals surface area contributed by atoms with Gasteiger partial charge in [0.1, 0.15) is 10.7 Å². The molecule has 0 fully saturated rings. The third kappa shape index (κ3) is 4.70. The van der Waals surface area contributed by atoms with Gasteiger partial charge >= 0.3 is 0 Å². The number of carbonyl (C=O) groups is 1. The van der Waals surface area contributed by atoms with Crippen molar-refractivity contribution in [3.05, 3.63) is 4.88 Å². The minimum Gasteiger partial charge on any atom is -0.382 e. The predicted octanol–water partition coefficient (Wildman–Crippen LogP) is 2.52. The molecule has 6 heteroatoms. The third-order valence-corrected chi connectivity index (χ3v) is 3.51. The lowest BCUT2D eigenvalue weighted by Crippen LogP contribution is -2.30. The molecule has 108 valence electrons. The van der Waals surface area contributed by atoms with Crippen LogP contribution in [0, 0.1) is 11.8 Å². The smallest absolute Gasteiger partial charge is 0.267 e. The minimum atomic E-state index is -0.0544. The normalized spacial score (nSPS) is 11.1. The van der Waals surface area contributed by atoms with Crippen molar-refractivity contribution in [3.63, 3.8) is 0 Å². The Morgan fingerprint density at radius 2 is 2.00 bits per heavy atom. The maximum atomic E-state index is 12.2. The maximum Gasteiger partial charge on any atom is 0.267 e. The molecule has 0 aliphatic rings. The van der Waals surface area contributed by atoms with Gasteiger partial charge in [-0.3, -0.25) is 4.79 Å². The molecule has 1 aromatic heterocycles. The Labute approximate surface area is 119 Å². The first-order chi connectivity index (χ1) is 8.81. The molecule has 0 unspecified atom stereocenters. The van der Waals surface area contributed by atoms with E-state index in [0.29, 0.717) is 34.2 Å². The third-order valence-electron chi connectivity index (χ3n) is 2.49. The van der Waals surface area contributed by atoms with E-state index in [4.69, 9.17) is 5.73 Å². The lowest BCUT2D eigenvalue weighted by Gasteiger charge is -2.18. The van der Waals surface area contributed by atoms with Crippen LogP contribution in [0.1, 0.15) is 37.4 Å². The number of nitrogens with one attached hydrogen (secondary N) is 1. The highest BCUT2D eigenvalue weighted by atomic mass is 32.1. The van der Waals surface area contributed by atoms with E-state index in [1.54, 1.807) is 11.9 Å². The van der Waals surface area contributed by atoms with Crippen LogP contribution in [-0.4, -0.2) is 35.9 Å². The molecule has 0 saturated heterocycles. The lowest BCUT2D eigenvalue weighted by atomic mass is 10.2. The van der Waals surface area contributed by atoms with Gasteiger partial charge < -0.3 is 16.0 Å². The highest BCUT2D eigenvalue weighted by Crippen LogP contribution is 2.26. The zero-order chi connectivity index (χ0) is 14.6. The topological polar surface area (TPSA) is 71.2 Å². The van der Waals surface area contributed by atoms with E-state index >= 15 is 0 Å². The average molecular weight is 284 g/mol. The lowest BCUT2D eigenvalue weighted by molar-refractivity contribution is 0.0784. The molecule has 0 aliphatic carbocycles. The van der Waals surface area contributed by atoms with Crippen LogP contribution in [0.25, 0.3) is 0 Å². The number of hydrogen-bond acceptors (Lipinski definition) is 5. The van der Waals surface area contributed by atoms with Gasteiger partial charge in [-0.05, 0) is 11.8 Å². The second-order valence-corrected chi connectivity index (χ2v) is 6.59. The molecular weight excluding hydrogens is 260 g/mol. The van der Waals surface area contributed by atoms with Crippen molar-refractivity contribution < 1.29 is 4.79 Å². The van der Waals surface area contributed by atoms with Gasteiger partial charge in [-0.1, -0.05) is 39.0 Å². The molecule has 0 bridgehead atoms. The summed E-state index contributed by atoms with van der Waals surface area (Å²) in [6, 6.07) is 0. The summed E-state index contributed by atoms with van der Waals surface area (Å²) in [4.78, 5) is 18.7. The van der Waals surface area contributed by atoms with Gasteiger partial charge in [0.25, 0.3) is 5.91 Å². The number of hydrogen-bond donors (Lipinski definition) is 2. The molecule has 0 aliphatic heterocycles. The Balaban J connectivity index is 2.75. The molecule has 0 radical (unpaired) electrons. The Morgan fingerprint density at radius 3 is 2.53 bits per heavy atom. The molecule has 0 spiro atoms. The van der Waals surface area contributed by atoms with E-state index < -0.39 is 0 Å². The molecule has 3 N–H and O–H groups in total. The van der Waals surface area contributed by atoms with E-state index in [1.165, 1.54) is 11.3 Å². The van der Waals surface area contributed by atoms with Crippen molar-refractivity contribution in [3.8, 4) is 0 Å². The van der Waals surface area contributed by atoms with Crippen molar-refractivity contribution in [2.24, 2.45) is 11.8 Å². The SMILES string of the molecule is CC(C)CNc1nc(N)c(C(=O)N(C)CC(C)C)s1. The van der Waals surface area contributed by atoms with Crippen LogP contribution in [0.5, 0.6) is 0 Å². The molecular formula is C13H24N4OS. The van der Waals surface area contributed by atoms with Gasteiger partial charge in [-0.15, -0.1) is 0 Å². The summed E-state index contributed by atoms with van der Waals surface area (Å²) < 4.78 is 0. The van der Waals surface area contributed by atoms with Crippen LogP contribution in [0.2, 0.25) is 0 Å². The number of aromatic nitrogens is 1. The molecule has 1 rings (SSSR count). The van der Waals surface area contributed by atoms with Crippen LogP contribution in [0.4, 0.5) is 10.9 Å². The first kappa shape index (κ1) is 15.8. The summed E-state index contributed by atoms with van der Waals surface area (Å²) in [6.07, 6.45) is 0. The summed E-state index contributed by atoms with van der Waals surface area (Å²) in [5.41, 5.74) is 5.83. The van der Waals surface area contributed by atoms with Crippen molar-refractivity contribution in [2.75, 3.05) is 31.2 Å². The van der Waals surface area contributed by atoms with Gasteiger partial charge in [-0.25, -0.2) is 4.98 Å². The van der Waals surface area contributed by atoms with E-state index in [0.717, 1.165) is 6.54 Å². The first-order valence-corrected chi connectivity index (χ1v) is 7.38. The zero-order valence-electron chi connectivity index (χ0n) is 12.4. The molecule has 1 aromatic rings. The molecule has 0 atom stereocenters. The number of rotatable bonds is 6. The summed E-state index contributed by atoms with van der Waals surface area (Å²) in [6.45, 7) is 9.93. The number of nitrogens with two attached hydrogens (primary N) is 1. The van der Waals surface area contributed by atoms with E-state index in [1.807, 2.05) is 0 Å². The van der Waals surface area contributed by atoms with Crippen LogP contribution in [0.15, 0.2) is 0 Å². The fourth-order valence-corrected chi connectivity index (χ4v) is 2.54. The van der Waals surface area contributed by atoms with E-state index in [-0.39, 0.29) is 5.91 Å². The van der Waals surface area contributed by atoms with Gasteiger partial charge in [-0.2, -0.15) is 0 Å². The van der Waals surface area contributed by atoms with Gasteiger partial charge in [0, 0.05) is 20.1 Å². The average Bonchev–Trinajstić information content (AvgIpc) is 2.66. The molecule has 19 heavy (non-hydrogen) atoms. The van der Waals surface area contributed by atoms with Crippen molar-refractivity contribution in [1.82, 2.24) is 9.88 Å². The fourth-order valence-electron chi connectivity index (χ4n) is 1.66. The highest BCUT2D eigenvalue weighted by molar-refractivity contribution is 7.18. The van der Waals surface area contributed by atoms with Gasteiger partial charge in [0.05, 0.1) is 0 Å². The summed E-state index contributed by atoms with van der Waals surface area (Å²) in [5, 5.41) is 3.91. The standard InChI is InChI=1S/C13H24N4OS/c1-8(2)6-15-13-16-11(14)10(19-13)12(18)17(5)7-9(3)4/h8-9H,6-7,14H2,1-5H3,(H,15,16). The first-order valence-electron chi connectivity index (χ1n) is 6.56.